The Bertz CT molecular complexity index is 582. The van der Waals surface area contributed by atoms with Gasteiger partial charge in [0.05, 0.1) is 0 Å². The van der Waals surface area contributed by atoms with Crippen LogP contribution < -0.4 is 0 Å². The molecule has 0 heterocycles. The van der Waals surface area contributed by atoms with E-state index in [1.807, 2.05) is 0 Å². The zero-order valence-corrected chi connectivity index (χ0v) is 10.5. The number of alkyl halides is 2. The summed E-state index contributed by atoms with van der Waals surface area (Å²) >= 11 is 0.452. The molecule has 0 aliphatic heterocycles. The number of halogens is 3. The molecule has 0 aliphatic carbocycles. The second-order valence-electron chi connectivity index (χ2n) is 3.75. The molecule has 0 spiro atoms. The molecular weight excluding hydrogens is 273 g/mol. The van der Waals surface area contributed by atoms with Crippen molar-refractivity contribution in [1.29, 1.82) is 0 Å². The summed E-state index contributed by atoms with van der Waals surface area (Å²) in [7, 11) is 0. The van der Waals surface area contributed by atoms with E-state index >= 15 is 0 Å². The highest BCUT2D eigenvalue weighted by Gasteiger charge is 2.08. The highest BCUT2D eigenvalue weighted by atomic mass is 32.2. The van der Waals surface area contributed by atoms with E-state index in [4.69, 9.17) is 0 Å². The summed E-state index contributed by atoms with van der Waals surface area (Å²) in [6.07, 6.45) is 0.570. The fourth-order valence-electron chi connectivity index (χ4n) is 1.71. The Kier molecular flexibility index (Phi) is 4.27. The van der Waals surface area contributed by atoms with E-state index in [1.54, 1.807) is 24.3 Å². The van der Waals surface area contributed by atoms with E-state index in [-0.39, 0.29) is 5.56 Å². The number of benzene rings is 2. The van der Waals surface area contributed by atoms with Crippen molar-refractivity contribution in [1.82, 2.24) is 0 Å². The van der Waals surface area contributed by atoms with Crippen LogP contribution in [-0.2, 0) is 0 Å². The van der Waals surface area contributed by atoms with Gasteiger partial charge in [-0.1, -0.05) is 30.0 Å². The molecule has 0 amide bonds. The summed E-state index contributed by atoms with van der Waals surface area (Å²) in [6, 6.07) is 10.2. The van der Waals surface area contributed by atoms with Crippen molar-refractivity contribution in [3.63, 3.8) is 0 Å². The van der Waals surface area contributed by atoms with Crippen molar-refractivity contribution >= 4 is 18.0 Å². The number of rotatable bonds is 4. The molecule has 0 bridgehead atoms. The van der Waals surface area contributed by atoms with E-state index in [2.05, 4.69) is 0 Å². The maximum atomic E-state index is 13.0. The predicted molar refractivity (Wildman–Crippen MR) is 69.1 cm³/mol. The Morgan fingerprint density at radius 1 is 1.05 bits per heavy atom. The molecule has 2 rings (SSSR count). The fraction of sp³-hybridized carbons (Fsp3) is 0.0714. The number of aldehydes is 1. The Balaban J connectivity index is 2.34. The zero-order valence-electron chi connectivity index (χ0n) is 9.65. The Hall–Kier alpha value is -1.75. The van der Waals surface area contributed by atoms with Gasteiger partial charge in [0.25, 0.3) is 5.76 Å². The first-order valence-corrected chi connectivity index (χ1v) is 6.28. The maximum Gasteiger partial charge on any atom is 0.288 e. The first-order chi connectivity index (χ1) is 9.10. The average Bonchev–Trinajstić information content (AvgIpc) is 2.39. The van der Waals surface area contributed by atoms with Gasteiger partial charge in [-0.25, -0.2) is 4.39 Å². The molecule has 0 N–H and O–H groups in total. The highest BCUT2D eigenvalue weighted by molar-refractivity contribution is 7.99. The van der Waals surface area contributed by atoms with Gasteiger partial charge in [-0.2, -0.15) is 8.78 Å². The topological polar surface area (TPSA) is 17.1 Å². The minimum absolute atomic E-state index is 0.231. The summed E-state index contributed by atoms with van der Waals surface area (Å²) in [4.78, 5) is 11.3. The molecule has 0 unspecified atom stereocenters. The molecule has 0 radical (unpaired) electrons. The van der Waals surface area contributed by atoms with Gasteiger partial charge in [0.1, 0.15) is 5.82 Å². The van der Waals surface area contributed by atoms with Crippen LogP contribution in [0.2, 0.25) is 0 Å². The molecule has 0 saturated carbocycles. The van der Waals surface area contributed by atoms with Gasteiger partial charge in [0, 0.05) is 10.5 Å². The van der Waals surface area contributed by atoms with E-state index < -0.39 is 11.6 Å². The standard InChI is InChI=1S/C14H9F3OS/c15-11-3-6-13(10(7-11)8-18)9-1-4-12(5-2-9)19-14(16)17/h1-8,14H. The van der Waals surface area contributed by atoms with E-state index in [9.17, 15) is 18.0 Å². The van der Waals surface area contributed by atoms with Crippen LogP contribution in [0.25, 0.3) is 11.1 Å². The van der Waals surface area contributed by atoms with Gasteiger partial charge in [-0.15, -0.1) is 0 Å². The number of hydrogen-bond acceptors (Lipinski definition) is 2. The third kappa shape index (κ3) is 3.38. The van der Waals surface area contributed by atoms with Gasteiger partial charge in [0.2, 0.25) is 0 Å². The number of hydrogen-bond donors (Lipinski definition) is 0. The van der Waals surface area contributed by atoms with Crippen LogP contribution in [0.1, 0.15) is 10.4 Å². The van der Waals surface area contributed by atoms with Crippen molar-refractivity contribution in [2.24, 2.45) is 0 Å². The Morgan fingerprint density at radius 3 is 2.32 bits per heavy atom. The van der Waals surface area contributed by atoms with Crippen LogP contribution in [0, 0.1) is 5.82 Å². The van der Waals surface area contributed by atoms with Crippen LogP contribution in [-0.4, -0.2) is 12.0 Å². The second kappa shape index (κ2) is 5.93. The molecule has 0 atom stereocenters. The lowest BCUT2D eigenvalue weighted by Gasteiger charge is -2.06. The van der Waals surface area contributed by atoms with Gasteiger partial charge in [-0.3, -0.25) is 4.79 Å². The molecule has 0 saturated heterocycles. The normalized spacial score (nSPS) is 10.7. The van der Waals surface area contributed by atoms with Gasteiger partial charge < -0.3 is 0 Å². The van der Waals surface area contributed by atoms with Crippen LogP contribution in [0.5, 0.6) is 0 Å². The largest absolute Gasteiger partial charge is 0.298 e. The minimum Gasteiger partial charge on any atom is -0.298 e. The lowest BCUT2D eigenvalue weighted by Crippen LogP contribution is -1.89. The molecule has 5 heteroatoms. The molecule has 1 nitrogen and oxygen atoms in total. The molecule has 0 aromatic heterocycles. The van der Waals surface area contributed by atoms with E-state index in [0.717, 1.165) is 6.07 Å². The summed E-state index contributed by atoms with van der Waals surface area (Å²) in [6.45, 7) is 0. The number of carbonyl (C=O) groups excluding carboxylic acids is 1. The van der Waals surface area contributed by atoms with E-state index in [0.29, 0.717) is 34.1 Å². The van der Waals surface area contributed by atoms with Crippen LogP contribution in [0.15, 0.2) is 47.4 Å². The maximum absolute atomic E-state index is 13.0. The van der Waals surface area contributed by atoms with Gasteiger partial charge in [-0.05, 0) is 35.4 Å². The monoisotopic (exact) mass is 282 g/mol. The lowest BCUT2D eigenvalue weighted by atomic mass is 10.0. The zero-order chi connectivity index (χ0) is 13.8. The van der Waals surface area contributed by atoms with Crippen molar-refractivity contribution in [3.8, 4) is 11.1 Å². The highest BCUT2D eigenvalue weighted by Crippen LogP contribution is 2.29. The minimum atomic E-state index is -2.47. The summed E-state index contributed by atoms with van der Waals surface area (Å²) in [5.74, 6) is -2.96. The smallest absolute Gasteiger partial charge is 0.288 e. The SMILES string of the molecule is O=Cc1cc(F)ccc1-c1ccc(SC(F)F)cc1. The number of thioether (sulfide) groups is 1. The van der Waals surface area contributed by atoms with Crippen LogP contribution >= 0.6 is 11.8 Å². The van der Waals surface area contributed by atoms with Gasteiger partial charge in [0.15, 0.2) is 6.29 Å². The first kappa shape index (κ1) is 13.7. The van der Waals surface area contributed by atoms with Crippen LogP contribution in [0.3, 0.4) is 0 Å². The third-order valence-electron chi connectivity index (χ3n) is 2.53. The molecule has 2 aromatic carbocycles. The quantitative estimate of drug-likeness (QED) is 0.601. The van der Waals surface area contributed by atoms with Crippen molar-refractivity contribution in [2.75, 3.05) is 0 Å². The summed E-state index contributed by atoms with van der Waals surface area (Å²) in [5, 5.41) is 0. The predicted octanol–water partition coefficient (Wildman–Crippen LogP) is 4.62. The molecular formula is C14H9F3OS. The molecule has 0 fully saturated rings. The second-order valence-corrected chi connectivity index (χ2v) is 4.82. The lowest BCUT2D eigenvalue weighted by molar-refractivity contribution is 0.112. The fourth-order valence-corrected chi connectivity index (χ4v) is 2.21. The average molecular weight is 282 g/mol. The van der Waals surface area contributed by atoms with Crippen molar-refractivity contribution in [3.05, 3.63) is 53.8 Å². The van der Waals surface area contributed by atoms with Crippen molar-refractivity contribution < 1.29 is 18.0 Å². The molecule has 98 valence electrons. The van der Waals surface area contributed by atoms with Crippen LogP contribution in [0.4, 0.5) is 13.2 Å². The molecule has 19 heavy (non-hydrogen) atoms. The van der Waals surface area contributed by atoms with E-state index in [1.165, 1.54) is 12.1 Å². The summed E-state index contributed by atoms with van der Waals surface area (Å²) < 4.78 is 37.4. The third-order valence-corrected chi connectivity index (χ3v) is 3.25. The van der Waals surface area contributed by atoms with Gasteiger partial charge >= 0.3 is 0 Å². The molecule has 0 aliphatic rings. The molecule has 2 aromatic rings. The number of carbonyl (C=O) groups is 1. The first-order valence-electron chi connectivity index (χ1n) is 5.40. The Labute approximate surface area is 112 Å². The Morgan fingerprint density at radius 2 is 1.74 bits per heavy atom. The van der Waals surface area contributed by atoms with Crippen molar-refractivity contribution in [2.45, 2.75) is 10.7 Å². The summed E-state index contributed by atoms with van der Waals surface area (Å²) in [5.41, 5.74) is 1.49.